The Hall–Kier alpha value is -2.04. The minimum absolute atomic E-state index is 0.145. The van der Waals surface area contributed by atoms with Crippen LogP contribution in [0.15, 0.2) is 59.2 Å². The molecule has 3 rings (SSSR count). The molecule has 0 saturated carbocycles. The highest BCUT2D eigenvalue weighted by Crippen LogP contribution is 2.28. The maximum atomic E-state index is 12.0. The van der Waals surface area contributed by atoms with Crippen molar-refractivity contribution in [1.29, 1.82) is 0 Å². The van der Waals surface area contributed by atoms with Crippen LogP contribution in [0.4, 0.5) is 0 Å². The summed E-state index contributed by atoms with van der Waals surface area (Å²) in [7, 11) is 0. The minimum atomic E-state index is -0.145. The lowest BCUT2D eigenvalue weighted by Crippen LogP contribution is -2.25. The molecule has 0 bridgehead atoms. The van der Waals surface area contributed by atoms with Crippen molar-refractivity contribution in [3.8, 4) is 10.6 Å². The van der Waals surface area contributed by atoms with Gasteiger partial charge in [0.25, 0.3) is 5.91 Å². The second-order valence-corrected chi connectivity index (χ2v) is 6.30. The molecule has 1 aromatic carbocycles. The Bertz CT molecular complexity index is 765. The van der Waals surface area contributed by atoms with E-state index >= 15 is 0 Å². The Morgan fingerprint density at radius 3 is 2.77 bits per heavy atom. The average Bonchev–Trinajstić information content (AvgIpc) is 3.18. The van der Waals surface area contributed by atoms with E-state index in [1.165, 1.54) is 4.88 Å². The van der Waals surface area contributed by atoms with Crippen LogP contribution in [0.5, 0.6) is 0 Å². The number of furan rings is 1. The van der Waals surface area contributed by atoms with Gasteiger partial charge in [-0.2, -0.15) is 0 Å². The molecule has 0 atom stereocenters. The summed E-state index contributed by atoms with van der Waals surface area (Å²) in [6, 6.07) is 15.0. The third-order valence-corrected chi connectivity index (χ3v) is 4.69. The van der Waals surface area contributed by atoms with Gasteiger partial charge in [-0.05, 0) is 42.8 Å². The molecule has 2 aromatic heterocycles. The molecule has 5 heteroatoms. The van der Waals surface area contributed by atoms with E-state index in [9.17, 15) is 4.79 Å². The summed E-state index contributed by atoms with van der Waals surface area (Å²) < 4.78 is 5.37. The molecule has 112 valence electrons. The first-order valence-corrected chi connectivity index (χ1v) is 8.09. The second-order valence-electron chi connectivity index (χ2n) is 4.73. The van der Waals surface area contributed by atoms with E-state index in [0.717, 1.165) is 17.1 Å². The Kier molecular flexibility index (Phi) is 4.61. The Morgan fingerprint density at radius 1 is 1.14 bits per heavy atom. The standard InChI is InChI=1S/C17H14ClNO2S/c18-14-5-2-1-4-13(14)17(20)19-10-9-12-7-8-16(22-12)15-6-3-11-21-15/h1-8,11H,9-10H2,(H,19,20). The van der Waals surface area contributed by atoms with Gasteiger partial charge in [-0.1, -0.05) is 23.7 Å². The minimum Gasteiger partial charge on any atom is -0.464 e. The number of thiophene rings is 1. The van der Waals surface area contributed by atoms with Crippen LogP contribution in [0.1, 0.15) is 15.2 Å². The van der Waals surface area contributed by atoms with E-state index < -0.39 is 0 Å². The van der Waals surface area contributed by atoms with Crippen LogP contribution >= 0.6 is 22.9 Å². The van der Waals surface area contributed by atoms with Gasteiger partial charge in [0.2, 0.25) is 0 Å². The van der Waals surface area contributed by atoms with Gasteiger partial charge in [0.1, 0.15) is 5.76 Å². The van der Waals surface area contributed by atoms with Crippen LogP contribution in [-0.4, -0.2) is 12.5 Å². The van der Waals surface area contributed by atoms with Crippen molar-refractivity contribution in [3.63, 3.8) is 0 Å². The highest BCUT2D eigenvalue weighted by molar-refractivity contribution is 7.15. The van der Waals surface area contributed by atoms with E-state index in [4.69, 9.17) is 16.0 Å². The van der Waals surface area contributed by atoms with Crippen LogP contribution in [-0.2, 0) is 6.42 Å². The molecule has 0 radical (unpaired) electrons. The van der Waals surface area contributed by atoms with Crippen LogP contribution in [0.2, 0.25) is 5.02 Å². The molecule has 0 aliphatic carbocycles. The molecular weight excluding hydrogens is 318 g/mol. The normalized spacial score (nSPS) is 10.6. The maximum absolute atomic E-state index is 12.0. The van der Waals surface area contributed by atoms with Gasteiger partial charge in [-0.3, -0.25) is 4.79 Å². The summed E-state index contributed by atoms with van der Waals surface area (Å²) in [5.74, 6) is 0.727. The molecule has 3 nitrogen and oxygen atoms in total. The lowest BCUT2D eigenvalue weighted by Gasteiger charge is -2.05. The fourth-order valence-corrected chi connectivity index (χ4v) is 3.30. The average molecular weight is 332 g/mol. The van der Waals surface area contributed by atoms with Crippen molar-refractivity contribution in [3.05, 3.63) is 70.3 Å². The van der Waals surface area contributed by atoms with Crippen LogP contribution < -0.4 is 5.32 Å². The van der Waals surface area contributed by atoms with Crippen LogP contribution in [0.25, 0.3) is 10.6 Å². The number of carbonyl (C=O) groups excluding carboxylic acids is 1. The molecule has 0 fully saturated rings. The van der Waals surface area contributed by atoms with Gasteiger partial charge >= 0.3 is 0 Å². The molecule has 3 aromatic rings. The predicted molar refractivity (Wildman–Crippen MR) is 89.5 cm³/mol. The fraction of sp³-hybridized carbons (Fsp3) is 0.118. The monoisotopic (exact) mass is 331 g/mol. The molecule has 0 unspecified atom stereocenters. The number of halogens is 1. The third kappa shape index (κ3) is 3.40. The van der Waals surface area contributed by atoms with E-state index in [0.29, 0.717) is 17.1 Å². The zero-order chi connectivity index (χ0) is 15.4. The number of nitrogens with one attached hydrogen (secondary N) is 1. The molecule has 2 heterocycles. The number of benzene rings is 1. The van der Waals surface area contributed by atoms with Gasteiger partial charge in [0, 0.05) is 11.4 Å². The summed E-state index contributed by atoms with van der Waals surface area (Å²) in [5.41, 5.74) is 0.506. The van der Waals surface area contributed by atoms with Crippen molar-refractivity contribution in [1.82, 2.24) is 5.32 Å². The SMILES string of the molecule is O=C(NCCc1ccc(-c2ccco2)s1)c1ccccc1Cl. The second kappa shape index (κ2) is 6.81. The zero-order valence-electron chi connectivity index (χ0n) is 11.7. The number of rotatable bonds is 5. The Morgan fingerprint density at radius 2 is 2.00 bits per heavy atom. The first-order valence-electron chi connectivity index (χ1n) is 6.89. The maximum Gasteiger partial charge on any atom is 0.252 e. The molecule has 0 saturated heterocycles. The quantitative estimate of drug-likeness (QED) is 0.740. The molecule has 1 N–H and O–H groups in total. The molecule has 0 aliphatic heterocycles. The van der Waals surface area contributed by atoms with Crippen molar-refractivity contribution < 1.29 is 9.21 Å². The van der Waals surface area contributed by atoms with Gasteiger partial charge in [0.15, 0.2) is 0 Å². The zero-order valence-corrected chi connectivity index (χ0v) is 13.3. The highest BCUT2D eigenvalue weighted by Gasteiger charge is 2.09. The lowest BCUT2D eigenvalue weighted by atomic mass is 10.2. The van der Waals surface area contributed by atoms with Gasteiger partial charge in [-0.25, -0.2) is 0 Å². The van der Waals surface area contributed by atoms with E-state index in [1.807, 2.05) is 18.2 Å². The van der Waals surface area contributed by atoms with Crippen molar-refractivity contribution >= 4 is 28.8 Å². The topological polar surface area (TPSA) is 42.2 Å². The highest BCUT2D eigenvalue weighted by atomic mass is 35.5. The smallest absolute Gasteiger partial charge is 0.252 e. The Balaban J connectivity index is 1.55. The Labute approximate surface area is 137 Å². The first-order chi connectivity index (χ1) is 10.7. The summed E-state index contributed by atoms with van der Waals surface area (Å²) in [5, 5.41) is 3.36. The summed E-state index contributed by atoms with van der Waals surface area (Å²) in [6.07, 6.45) is 2.44. The van der Waals surface area contributed by atoms with Crippen LogP contribution in [0, 0.1) is 0 Å². The predicted octanol–water partition coefficient (Wildman–Crippen LogP) is 4.63. The molecule has 1 amide bonds. The van der Waals surface area contributed by atoms with Gasteiger partial charge < -0.3 is 9.73 Å². The van der Waals surface area contributed by atoms with Crippen LogP contribution in [0.3, 0.4) is 0 Å². The number of amides is 1. The first kappa shape index (κ1) is 14.9. The lowest BCUT2D eigenvalue weighted by molar-refractivity contribution is 0.0954. The van der Waals surface area contributed by atoms with Gasteiger partial charge in [-0.15, -0.1) is 11.3 Å². The largest absolute Gasteiger partial charge is 0.464 e. The van der Waals surface area contributed by atoms with E-state index in [2.05, 4.69) is 11.4 Å². The van der Waals surface area contributed by atoms with E-state index in [-0.39, 0.29) is 5.91 Å². The molecule has 22 heavy (non-hydrogen) atoms. The molecular formula is C17H14ClNO2S. The molecule has 0 aliphatic rings. The summed E-state index contributed by atoms with van der Waals surface area (Å²) in [6.45, 7) is 0.572. The third-order valence-electron chi connectivity index (χ3n) is 3.20. The number of carbonyl (C=O) groups is 1. The van der Waals surface area contributed by atoms with E-state index in [1.54, 1.807) is 41.9 Å². The summed E-state index contributed by atoms with van der Waals surface area (Å²) >= 11 is 7.68. The fourth-order valence-electron chi connectivity index (χ4n) is 2.10. The number of hydrogen-bond donors (Lipinski definition) is 1. The van der Waals surface area contributed by atoms with Gasteiger partial charge in [0.05, 0.1) is 21.7 Å². The molecule has 0 spiro atoms. The van der Waals surface area contributed by atoms with Crippen molar-refractivity contribution in [2.24, 2.45) is 0 Å². The summed E-state index contributed by atoms with van der Waals surface area (Å²) in [4.78, 5) is 14.3. The number of hydrogen-bond acceptors (Lipinski definition) is 3. The van der Waals surface area contributed by atoms with Crippen molar-refractivity contribution in [2.45, 2.75) is 6.42 Å². The van der Waals surface area contributed by atoms with Crippen molar-refractivity contribution in [2.75, 3.05) is 6.54 Å².